The van der Waals surface area contributed by atoms with Gasteiger partial charge in [-0.2, -0.15) is 8.78 Å². The Hall–Kier alpha value is -2.34. The van der Waals surface area contributed by atoms with Crippen LogP contribution in [0.15, 0.2) is 16.7 Å². The molecule has 0 spiro atoms. The average Bonchev–Trinajstić information content (AvgIpc) is 3.27. The molecule has 2 aromatic rings. The van der Waals surface area contributed by atoms with E-state index in [1.807, 2.05) is 0 Å². The van der Waals surface area contributed by atoms with Crippen LogP contribution in [0, 0.1) is 0 Å². The van der Waals surface area contributed by atoms with E-state index in [-0.39, 0.29) is 34.4 Å². The zero-order chi connectivity index (χ0) is 22.1. The third-order valence-electron chi connectivity index (χ3n) is 5.33. The van der Waals surface area contributed by atoms with Gasteiger partial charge in [0.25, 0.3) is 0 Å². The summed E-state index contributed by atoms with van der Waals surface area (Å²) >= 11 is 0.0811. The molecule has 0 radical (unpaired) electrons. The minimum Gasteiger partial charge on any atom is -0.495 e. The van der Waals surface area contributed by atoms with Crippen LogP contribution in [0.5, 0.6) is 17.2 Å². The zero-order valence-corrected chi connectivity index (χ0v) is 16.6. The predicted molar refractivity (Wildman–Crippen MR) is 95.5 cm³/mol. The minimum atomic E-state index is -4.73. The summed E-state index contributed by atoms with van der Waals surface area (Å²) in [6.07, 6.45) is -3.88. The Morgan fingerprint density at radius 2 is 1.97 bits per heavy atom. The third-order valence-corrected chi connectivity index (χ3v) is 7.02. The van der Waals surface area contributed by atoms with Gasteiger partial charge in [-0.15, -0.1) is 0 Å². The smallest absolute Gasteiger partial charge is 0.355 e. The van der Waals surface area contributed by atoms with Gasteiger partial charge in [-0.1, -0.05) is 11.8 Å². The van der Waals surface area contributed by atoms with Crippen molar-refractivity contribution in [3.05, 3.63) is 17.9 Å². The van der Waals surface area contributed by atoms with E-state index < -0.39 is 46.3 Å². The van der Waals surface area contributed by atoms with E-state index >= 15 is 0 Å². The fraction of sp³-hybridized carbons (Fsp3) is 0.500. The van der Waals surface area contributed by atoms with Crippen LogP contribution in [0.3, 0.4) is 0 Å². The number of fused-ring (bicyclic) bond motifs is 5. The summed E-state index contributed by atoms with van der Waals surface area (Å²) in [4.78, 5) is 9.42. The van der Waals surface area contributed by atoms with Crippen LogP contribution in [0.25, 0.3) is 11.0 Å². The van der Waals surface area contributed by atoms with Crippen LogP contribution >= 0.6 is 11.8 Å². The van der Waals surface area contributed by atoms with Crippen LogP contribution in [0.1, 0.15) is 12.0 Å². The summed E-state index contributed by atoms with van der Waals surface area (Å²) in [7, 11) is 3.44. The molecule has 1 aromatic carbocycles. The molecule has 0 aliphatic carbocycles. The molecule has 2 aliphatic heterocycles. The van der Waals surface area contributed by atoms with Crippen molar-refractivity contribution < 1.29 is 50.8 Å². The number of thioether (sulfide) groups is 1. The Balaban J connectivity index is 2.10. The topological polar surface area (TPSA) is 87.4 Å². The highest BCUT2D eigenvalue weighted by molar-refractivity contribution is 8.02. The van der Waals surface area contributed by atoms with Gasteiger partial charge in [0, 0.05) is 6.42 Å². The number of benzene rings is 1. The molecule has 4 rings (SSSR count). The van der Waals surface area contributed by atoms with E-state index in [4.69, 9.17) is 18.6 Å². The van der Waals surface area contributed by atoms with Gasteiger partial charge >= 0.3 is 18.3 Å². The van der Waals surface area contributed by atoms with E-state index in [2.05, 4.69) is 4.74 Å². The van der Waals surface area contributed by atoms with Gasteiger partial charge in [-0.25, -0.2) is 8.78 Å². The van der Waals surface area contributed by atoms with Crippen molar-refractivity contribution >= 4 is 28.7 Å². The van der Waals surface area contributed by atoms with Crippen LogP contribution in [0.4, 0.5) is 17.6 Å². The summed E-state index contributed by atoms with van der Waals surface area (Å²) < 4.78 is 82.3. The lowest BCUT2D eigenvalue weighted by Crippen LogP contribution is -2.56. The molecule has 30 heavy (non-hydrogen) atoms. The van der Waals surface area contributed by atoms with Crippen molar-refractivity contribution in [2.75, 3.05) is 21.3 Å². The second-order valence-corrected chi connectivity index (χ2v) is 8.20. The summed E-state index contributed by atoms with van der Waals surface area (Å²) in [5.74, 6) is -6.52. The summed E-state index contributed by atoms with van der Waals surface area (Å²) in [5, 5.41) is 10.1. The Labute approximate surface area is 171 Å². The standard InChI is InChI=1S/C18H16F4O7S/c1-25-9-7-4-5-28-10(7)12(26-2)11-8(9)16(24)6-17(29-11,18(21,22)15(19)20)30-13(16)14(23)27-3/h4-5,13,15,24H,6H2,1-3H3. The largest absolute Gasteiger partial charge is 0.495 e. The zero-order valence-electron chi connectivity index (χ0n) is 15.8. The number of methoxy groups -OCH3 is 3. The van der Waals surface area contributed by atoms with Crippen molar-refractivity contribution in [1.82, 2.24) is 0 Å². The molecule has 164 valence electrons. The lowest BCUT2D eigenvalue weighted by molar-refractivity contribution is -0.213. The lowest BCUT2D eigenvalue weighted by atomic mass is 9.79. The van der Waals surface area contributed by atoms with Gasteiger partial charge in [-0.3, -0.25) is 4.79 Å². The highest BCUT2D eigenvalue weighted by Crippen LogP contribution is 2.69. The Morgan fingerprint density at radius 3 is 2.53 bits per heavy atom. The molecule has 1 saturated heterocycles. The highest BCUT2D eigenvalue weighted by atomic mass is 32.2. The first kappa shape index (κ1) is 20.9. The fourth-order valence-corrected chi connectivity index (χ4v) is 5.66. The van der Waals surface area contributed by atoms with Crippen LogP contribution in [-0.4, -0.2) is 54.9 Å². The molecule has 3 unspecified atom stereocenters. The first-order valence-electron chi connectivity index (χ1n) is 8.56. The van der Waals surface area contributed by atoms with Gasteiger partial charge in [0.05, 0.1) is 38.5 Å². The molecule has 1 N–H and O–H groups in total. The van der Waals surface area contributed by atoms with E-state index in [1.54, 1.807) is 0 Å². The van der Waals surface area contributed by atoms with E-state index in [0.717, 1.165) is 7.11 Å². The maximum atomic E-state index is 14.7. The number of furan rings is 1. The molecular weight excluding hydrogens is 436 g/mol. The molecule has 0 saturated carbocycles. The van der Waals surface area contributed by atoms with Gasteiger partial charge < -0.3 is 28.5 Å². The van der Waals surface area contributed by atoms with Crippen molar-refractivity contribution in [2.24, 2.45) is 0 Å². The second kappa shape index (κ2) is 6.58. The van der Waals surface area contributed by atoms with E-state index in [9.17, 15) is 27.5 Å². The Kier molecular flexibility index (Phi) is 4.59. The molecule has 2 bridgehead atoms. The number of rotatable bonds is 5. The van der Waals surface area contributed by atoms with E-state index in [0.29, 0.717) is 5.39 Å². The molecule has 0 amide bonds. The Bertz CT molecular complexity index is 1030. The molecule has 1 fully saturated rings. The first-order chi connectivity index (χ1) is 14.1. The minimum absolute atomic E-state index is 0.0255. The van der Waals surface area contributed by atoms with Crippen LogP contribution in [0.2, 0.25) is 0 Å². The normalized spacial score (nSPS) is 27.7. The number of halogens is 4. The number of carbonyl (C=O) groups is 1. The molecule has 1 aromatic heterocycles. The summed E-state index contributed by atoms with van der Waals surface area (Å²) in [5.41, 5.74) is -2.53. The van der Waals surface area contributed by atoms with Crippen LogP contribution in [-0.2, 0) is 15.1 Å². The van der Waals surface area contributed by atoms with Crippen molar-refractivity contribution in [3.63, 3.8) is 0 Å². The quantitative estimate of drug-likeness (QED) is 0.546. The average molecular weight is 452 g/mol. The number of alkyl halides is 4. The van der Waals surface area contributed by atoms with Crippen molar-refractivity contribution in [3.8, 4) is 17.2 Å². The highest BCUT2D eigenvalue weighted by Gasteiger charge is 2.76. The maximum absolute atomic E-state index is 14.7. The number of ether oxygens (including phenoxy) is 4. The summed E-state index contributed by atoms with van der Waals surface area (Å²) in [6.45, 7) is 0. The number of esters is 1. The molecule has 3 heterocycles. The molecule has 7 nitrogen and oxygen atoms in total. The SMILES string of the molecule is COC(=O)C1SC2(C(F)(F)C(F)F)CC1(O)c1c(c(OC)c3occc3c1OC)O2. The lowest BCUT2D eigenvalue weighted by Gasteiger charge is -2.42. The van der Waals surface area contributed by atoms with Gasteiger partial charge in [0.2, 0.25) is 10.7 Å². The number of hydrogen-bond donors (Lipinski definition) is 1. The first-order valence-corrected chi connectivity index (χ1v) is 9.44. The van der Waals surface area contributed by atoms with Crippen molar-refractivity contribution in [1.29, 1.82) is 0 Å². The maximum Gasteiger partial charge on any atom is 0.355 e. The Morgan fingerprint density at radius 1 is 1.30 bits per heavy atom. The van der Waals surface area contributed by atoms with Crippen LogP contribution < -0.4 is 14.2 Å². The van der Waals surface area contributed by atoms with Gasteiger partial charge in [0.15, 0.2) is 11.3 Å². The molecule has 2 aliphatic rings. The molecule has 12 heteroatoms. The second-order valence-electron chi connectivity index (χ2n) is 6.83. The summed E-state index contributed by atoms with van der Waals surface area (Å²) in [6, 6.07) is 1.48. The third kappa shape index (κ3) is 2.40. The monoisotopic (exact) mass is 452 g/mol. The number of carbonyl (C=O) groups excluding carboxylic acids is 1. The van der Waals surface area contributed by atoms with E-state index in [1.165, 1.54) is 26.5 Å². The molecule has 3 atom stereocenters. The fourth-order valence-electron chi connectivity index (χ4n) is 4.01. The predicted octanol–water partition coefficient (Wildman–Crippen LogP) is 3.31. The molecular formula is C18H16F4O7S. The van der Waals surface area contributed by atoms with Gasteiger partial charge in [-0.05, 0) is 6.07 Å². The number of hydrogen-bond acceptors (Lipinski definition) is 8. The van der Waals surface area contributed by atoms with Gasteiger partial charge in [0.1, 0.15) is 16.6 Å². The van der Waals surface area contributed by atoms with Crippen molar-refractivity contribution in [2.45, 2.75) is 34.6 Å². The number of aliphatic hydroxyl groups is 1.